The van der Waals surface area contributed by atoms with Gasteiger partial charge in [0.15, 0.2) is 0 Å². The summed E-state index contributed by atoms with van der Waals surface area (Å²) in [5, 5.41) is 0. The predicted molar refractivity (Wildman–Crippen MR) is 71.4 cm³/mol. The third kappa shape index (κ3) is 2.89. The first kappa shape index (κ1) is 12.6. The molecule has 0 N–H and O–H groups in total. The first-order valence-corrected chi connectivity index (χ1v) is 6.82. The van der Waals surface area contributed by atoms with E-state index >= 15 is 0 Å². The largest absolute Gasteiger partial charge is 0.355 e. The molecule has 0 saturated carbocycles. The average Bonchev–Trinajstić information content (AvgIpc) is 2.40. The fourth-order valence-electron chi connectivity index (χ4n) is 2.24. The van der Waals surface area contributed by atoms with Crippen LogP contribution >= 0.6 is 11.6 Å². The minimum Gasteiger partial charge on any atom is -0.355 e. The fraction of sp³-hybridized carbons (Fsp3) is 0.692. The second kappa shape index (κ2) is 5.21. The molecule has 1 aliphatic rings. The number of hydrogen-bond acceptors (Lipinski definition) is 3. The zero-order chi connectivity index (χ0) is 12.3. The van der Waals surface area contributed by atoms with Crippen LogP contribution in [0.3, 0.4) is 0 Å². The van der Waals surface area contributed by atoms with Gasteiger partial charge in [0.1, 0.15) is 5.82 Å². The Kier molecular flexibility index (Phi) is 3.87. The van der Waals surface area contributed by atoms with Gasteiger partial charge in [-0.15, -0.1) is 11.6 Å². The third-order valence-electron chi connectivity index (χ3n) is 3.96. The van der Waals surface area contributed by atoms with E-state index in [2.05, 4.69) is 28.7 Å². The normalized spacial score (nSPS) is 19.4. The maximum atomic E-state index is 5.78. The maximum absolute atomic E-state index is 5.78. The molecule has 0 amide bonds. The molecule has 17 heavy (non-hydrogen) atoms. The van der Waals surface area contributed by atoms with Crippen LogP contribution in [0, 0.1) is 5.41 Å². The molecule has 0 spiro atoms. The second-order valence-corrected chi connectivity index (χ2v) is 5.42. The highest BCUT2D eigenvalue weighted by atomic mass is 35.5. The van der Waals surface area contributed by atoms with Crippen LogP contribution in [0.1, 0.15) is 38.8 Å². The minimum atomic E-state index is 0.432. The van der Waals surface area contributed by atoms with Crippen molar-refractivity contribution in [1.29, 1.82) is 0 Å². The number of halogens is 1. The zero-order valence-electron chi connectivity index (χ0n) is 10.6. The standard InChI is InChI=1S/C13H20ClN3/c1-3-13(2)4-6-17(7-5-13)12-10-15-9-11(8-14)16-12/h9-10H,3-8H2,1-2H3. The predicted octanol–water partition coefficient (Wildman–Crippen LogP) is 3.23. The SMILES string of the molecule is CCC1(C)CCN(c2cncc(CCl)n2)CC1. The molecule has 2 heterocycles. The number of anilines is 1. The molecular weight excluding hydrogens is 234 g/mol. The molecule has 1 aromatic heterocycles. The number of nitrogens with zero attached hydrogens (tertiary/aromatic N) is 3. The lowest BCUT2D eigenvalue weighted by Crippen LogP contribution is -2.39. The Morgan fingerprint density at radius 1 is 1.35 bits per heavy atom. The van der Waals surface area contributed by atoms with Crippen LogP contribution in [0.5, 0.6) is 0 Å². The molecule has 0 radical (unpaired) electrons. The molecule has 2 rings (SSSR count). The lowest BCUT2D eigenvalue weighted by molar-refractivity contribution is 0.237. The Morgan fingerprint density at radius 2 is 2.06 bits per heavy atom. The Labute approximate surface area is 108 Å². The van der Waals surface area contributed by atoms with E-state index in [-0.39, 0.29) is 0 Å². The average molecular weight is 254 g/mol. The van der Waals surface area contributed by atoms with Gasteiger partial charge in [0.05, 0.1) is 17.8 Å². The van der Waals surface area contributed by atoms with E-state index in [9.17, 15) is 0 Å². The van der Waals surface area contributed by atoms with Crippen molar-refractivity contribution in [3.63, 3.8) is 0 Å². The van der Waals surface area contributed by atoms with Gasteiger partial charge in [0, 0.05) is 19.3 Å². The van der Waals surface area contributed by atoms with E-state index in [0.29, 0.717) is 11.3 Å². The van der Waals surface area contributed by atoms with E-state index in [1.54, 1.807) is 6.20 Å². The van der Waals surface area contributed by atoms with Crippen molar-refractivity contribution in [2.45, 2.75) is 39.0 Å². The Hall–Kier alpha value is -0.830. The molecule has 0 atom stereocenters. The molecule has 1 aliphatic heterocycles. The Bertz CT molecular complexity index is 373. The van der Waals surface area contributed by atoms with Gasteiger partial charge in [-0.2, -0.15) is 0 Å². The lowest BCUT2D eigenvalue weighted by Gasteiger charge is -2.39. The summed E-state index contributed by atoms with van der Waals surface area (Å²) in [7, 11) is 0. The summed E-state index contributed by atoms with van der Waals surface area (Å²) in [5.74, 6) is 1.41. The molecule has 0 unspecified atom stereocenters. The molecule has 94 valence electrons. The third-order valence-corrected chi connectivity index (χ3v) is 4.23. The first-order valence-electron chi connectivity index (χ1n) is 6.29. The Balaban J connectivity index is 2.05. The van der Waals surface area contributed by atoms with Gasteiger partial charge in [-0.05, 0) is 18.3 Å². The van der Waals surface area contributed by atoms with E-state index in [4.69, 9.17) is 11.6 Å². The highest BCUT2D eigenvalue weighted by Crippen LogP contribution is 2.35. The molecule has 3 nitrogen and oxygen atoms in total. The van der Waals surface area contributed by atoms with Crippen molar-refractivity contribution >= 4 is 17.4 Å². The molecule has 1 aromatic rings. The molecule has 0 aromatic carbocycles. The van der Waals surface area contributed by atoms with Crippen molar-refractivity contribution in [3.8, 4) is 0 Å². The van der Waals surface area contributed by atoms with Gasteiger partial charge in [-0.25, -0.2) is 4.98 Å². The lowest BCUT2D eigenvalue weighted by atomic mass is 9.78. The van der Waals surface area contributed by atoms with Crippen LogP contribution in [-0.2, 0) is 5.88 Å². The molecule has 4 heteroatoms. The summed E-state index contributed by atoms with van der Waals surface area (Å²) >= 11 is 5.78. The topological polar surface area (TPSA) is 29.0 Å². The monoisotopic (exact) mass is 253 g/mol. The van der Waals surface area contributed by atoms with Crippen LogP contribution in [0.15, 0.2) is 12.4 Å². The first-order chi connectivity index (χ1) is 8.17. The van der Waals surface area contributed by atoms with E-state index in [1.165, 1.54) is 19.3 Å². The quantitative estimate of drug-likeness (QED) is 0.775. The number of hydrogen-bond donors (Lipinski definition) is 0. The minimum absolute atomic E-state index is 0.432. The van der Waals surface area contributed by atoms with Crippen molar-refractivity contribution < 1.29 is 0 Å². The van der Waals surface area contributed by atoms with Gasteiger partial charge in [-0.3, -0.25) is 4.98 Å². The highest BCUT2D eigenvalue weighted by molar-refractivity contribution is 6.16. The van der Waals surface area contributed by atoms with Crippen molar-refractivity contribution in [2.24, 2.45) is 5.41 Å². The highest BCUT2D eigenvalue weighted by Gasteiger charge is 2.28. The second-order valence-electron chi connectivity index (χ2n) is 5.15. The summed E-state index contributed by atoms with van der Waals surface area (Å²) in [6.45, 7) is 6.81. The Morgan fingerprint density at radius 3 is 2.65 bits per heavy atom. The van der Waals surface area contributed by atoms with Crippen LogP contribution < -0.4 is 4.90 Å². The molecule has 1 saturated heterocycles. The smallest absolute Gasteiger partial charge is 0.147 e. The summed E-state index contributed by atoms with van der Waals surface area (Å²) in [4.78, 5) is 11.0. The molecule has 1 fully saturated rings. The summed E-state index contributed by atoms with van der Waals surface area (Å²) in [6, 6.07) is 0. The number of rotatable bonds is 3. The fourth-order valence-corrected chi connectivity index (χ4v) is 2.37. The molecule has 0 aliphatic carbocycles. The summed E-state index contributed by atoms with van der Waals surface area (Å²) in [6.07, 6.45) is 7.29. The van der Waals surface area contributed by atoms with E-state index < -0.39 is 0 Å². The van der Waals surface area contributed by atoms with Gasteiger partial charge in [0.25, 0.3) is 0 Å². The number of aromatic nitrogens is 2. The van der Waals surface area contributed by atoms with Gasteiger partial charge < -0.3 is 4.90 Å². The van der Waals surface area contributed by atoms with E-state index in [0.717, 1.165) is 24.6 Å². The van der Waals surface area contributed by atoms with Crippen LogP contribution in [-0.4, -0.2) is 23.1 Å². The van der Waals surface area contributed by atoms with Gasteiger partial charge in [0.2, 0.25) is 0 Å². The maximum Gasteiger partial charge on any atom is 0.147 e. The molecule has 0 bridgehead atoms. The van der Waals surface area contributed by atoms with Crippen LogP contribution in [0.4, 0.5) is 5.82 Å². The molecular formula is C13H20ClN3. The zero-order valence-corrected chi connectivity index (χ0v) is 11.4. The van der Waals surface area contributed by atoms with Crippen LogP contribution in [0.2, 0.25) is 0 Å². The van der Waals surface area contributed by atoms with Crippen molar-refractivity contribution in [3.05, 3.63) is 18.1 Å². The van der Waals surface area contributed by atoms with Crippen LogP contribution in [0.25, 0.3) is 0 Å². The van der Waals surface area contributed by atoms with E-state index in [1.807, 2.05) is 6.20 Å². The van der Waals surface area contributed by atoms with Crippen molar-refractivity contribution in [1.82, 2.24) is 9.97 Å². The van der Waals surface area contributed by atoms with Crippen molar-refractivity contribution in [2.75, 3.05) is 18.0 Å². The summed E-state index contributed by atoms with van der Waals surface area (Å²) in [5.41, 5.74) is 1.36. The summed E-state index contributed by atoms with van der Waals surface area (Å²) < 4.78 is 0. The number of alkyl halides is 1. The number of piperidine rings is 1. The van der Waals surface area contributed by atoms with Gasteiger partial charge >= 0.3 is 0 Å². The van der Waals surface area contributed by atoms with Gasteiger partial charge in [-0.1, -0.05) is 20.3 Å².